The van der Waals surface area contributed by atoms with Crippen molar-refractivity contribution in [3.63, 3.8) is 0 Å². The number of rotatable bonds is 2. The van der Waals surface area contributed by atoms with Crippen molar-refractivity contribution in [2.75, 3.05) is 0 Å². The molecule has 1 heteroatoms. The highest BCUT2D eigenvalue weighted by molar-refractivity contribution is 6.31. The minimum Gasteiger partial charge on any atom is -0.0840 e. The first-order valence-corrected chi connectivity index (χ1v) is 11.4. The molecule has 152 valence electrons. The summed E-state index contributed by atoms with van der Waals surface area (Å²) < 4.78 is 0. The molecule has 0 nitrogen and oxygen atoms in total. The SMILES string of the molecule is Cc1ccccc1CC12c3ccccc3C(c3cccc(Cl)c31)c1c(C)ccc(C)c12. The molecule has 0 fully saturated rings. The van der Waals surface area contributed by atoms with Crippen molar-refractivity contribution < 1.29 is 0 Å². The molecule has 3 aliphatic rings. The van der Waals surface area contributed by atoms with Gasteiger partial charge in [0.05, 0.1) is 5.41 Å². The second kappa shape index (κ2) is 6.58. The lowest BCUT2D eigenvalue weighted by atomic mass is 9.50. The smallest absolute Gasteiger partial charge is 0.0518 e. The van der Waals surface area contributed by atoms with E-state index in [1.54, 1.807) is 0 Å². The summed E-state index contributed by atoms with van der Waals surface area (Å²) in [6.45, 7) is 6.77. The van der Waals surface area contributed by atoms with E-state index in [0.29, 0.717) is 0 Å². The molecule has 31 heavy (non-hydrogen) atoms. The van der Waals surface area contributed by atoms with Crippen molar-refractivity contribution in [1.82, 2.24) is 0 Å². The van der Waals surface area contributed by atoms with Gasteiger partial charge in [0.25, 0.3) is 0 Å². The van der Waals surface area contributed by atoms with E-state index in [9.17, 15) is 0 Å². The largest absolute Gasteiger partial charge is 0.0840 e. The number of hydrogen-bond donors (Lipinski definition) is 0. The first kappa shape index (κ1) is 18.9. The molecule has 2 unspecified atom stereocenters. The Bertz CT molecular complexity index is 1360. The minimum atomic E-state index is -0.281. The third-order valence-electron chi connectivity index (χ3n) is 7.62. The van der Waals surface area contributed by atoms with E-state index in [-0.39, 0.29) is 11.3 Å². The molecule has 4 aromatic rings. The van der Waals surface area contributed by atoms with Crippen molar-refractivity contribution in [2.24, 2.45) is 0 Å². The zero-order valence-electron chi connectivity index (χ0n) is 18.2. The van der Waals surface area contributed by atoms with Gasteiger partial charge in [-0.2, -0.15) is 0 Å². The maximum atomic E-state index is 7.06. The standard InChI is InChI=1S/C30H25Cl/c1-18-9-4-5-10-21(18)17-30-24-13-7-6-11-22(24)27(23-12-8-14-25(31)29(23)30)26-19(2)15-16-20(3)28(26)30/h4-16,27H,17H2,1-3H3. The van der Waals surface area contributed by atoms with Gasteiger partial charge in [0.15, 0.2) is 0 Å². The van der Waals surface area contributed by atoms with Crippen LogP contribution in [0.1, 0.15) is 61.6 Å². The first-order chi connectivity index (χ1) is 15.0. The Hall–Kier alpha value is -2.83. The van der Waals surface area contributed by atoms with E-state index in [1.165, 1.54) is 55.6 Å². The Morgan fingerprint density at radius 3 is 2.23 bits per heavy atom. The molecule has 0 radical (unpaired) electrons. The van der Waals surface area contributed by atoms with Crippen LogP contribution >= 0.6 is 11.6 Å². The summed E-state index contributed by atoms with van der Waals surface area (Å²) in [5.74, 6) is 0.249. The van der Waals surface area contributed by atoms with Crippen LogP contribution in [0.3, 0.4) is 0 Å². The van der Waals surface area contributed by atoms with E-state index < -0.39 is 0 Å². The number of aryl methyl sites for hydroxylation is 3. The third-order valence-corrected chi connectivity index (χ3v) is 7.93. The first-order valence-electron chi connectivity index (χ1n) is 11.1. The van der Waals surface area contributed by atoms with Crippen LogP contribution in [0.5, 0.6) is 0 Å². The van der Waals surface area contributed by atoms with E-state index in [4.69, 9.17) is 11.6 Å². The predicted molar refractivity (Wildman–Crippen MR) is 130 cm³/mol. The zero-order valence-corrected chi connectivity index (χ0v) is 18.9. The van der Waals surface area contributed by atoms with Crippen molar-refractivity contribution in [3.05, 3.63) is 140 Å². The lowest BCUT2D eigenvalue weighted by Gasteiger charge is -2.52. The summed E-state index contributed by atoms with van der Waals surface area (Å²) >= 11 is 7.06. The van der Waals surface area contributed by atoms with Crippen LogP contribution in [-0.4, -0.2) is 0 Å². The monoisotopic (exact) mass is 420 g/mol. The molecule has 0 aromatic heterocycles. The summed E-state index contributed by atoms with van der Waals surface area (Å²) in [6, 6.07) is 29.0. The van der Waals surface area contributed by atoms with E-state index in [2.05, 4.69) is 99.6 Å². The van der Waals surface area contributed by atoms with Crippen LogP contribution in [0.15, 0.2) is 78.9 Å². The fourth-order valence-corrected chi connectivity index (χ4v) is 6.72. The average Bonchev–Trinajstić information content (AvgIpc) is 2.78. The maximum Gasteiger partial charge on any atom is 0.0518 e. The van der Waals surface area contributed by atoms with Gasteiger partial charge in [-0.3, -0.25) is 0 Å². The topological polar surface area (TPSA) is 0 Å². The van der Waals surface area contributed by atoms with Crippen LogP contribution in [0.25, 0.3) is 0 Å². The lowest BCUT2D eigenvalue weighted by Crippen LogP contribution is -2.45. The molecule has 2 atom stereocenters. The van der Waals surface area contributed by atoms with Gasteiger partial charge in [-0.25, -0.2) is 0 Å². The Balaban J connectivity index is 1.82. The average molecular weight is 421 g/mol. The Morgan fingerprint density at radius 2 is 1.39 bits per heavy atom. The number of hydrogen-bond acceptors (Lipinski definition) is 0. The molecule has 3 aliphatic carbocycles. The molecule has 2 bridgehead atoms. The molecule has 4 aromatic carbocycles. The second-order valence-electron chi connectivity index (χ2n) is 9.22. The Morgan fingerprint density at radius 1 is 0.677 bits per heavy atom. The molecular formula is C30H25Cl. The molecule has 0 saturated heterocycles. The number of halogens is 1. The predicted octanol–water partition coefficient (Wildman–Crippen LogP) is 7.65. The highest BCUT2D eigenvalue weighted by Gasteiger charge is 2.53. The van der Waals surface area contributed by atoms with Gasteiger partial charge in [-0.05, 0) is 88.9 Å². The second-order valence-corrected chi connectivity index (χ2v) is 9.63. The van der Waals surface area contributed by atoms with Crippen molar-refractivity contribution in [1.29, 1.82) is 0 Å². The highest BCUT2D eigenvalue weighted by atomic mass is 35.5. The zero-order chi connectivity index (χ0) is 21.3. The minimum absolute atomic E-state index is 0.249. The van der Waals surface area contributed by atoms with Gasteiger partial charge in [0, 0.05) is 10.9 Å². The molecular weight excluding hydrogens is 396 g/mol. The van der Waals surface area contributed by atoms with Crippen molar-refractivity contribution >= 4 is 11.6 Å². The summed E-state index contributed by atoms with van der Waals surface area (Å²) in [5, 5.41) is 0.886. The molecule has 0 heterocycles. The van der Waals surface area contributed by atoms with Crippen molar-refractivity contribution in [2.45, 2.75) is 38.5 Å². The summed E-state index contributed by atoms with van der Waals surface area (Å²) in [7, 11) is 0. The Kier molecular flexibility index (Phi) is 4.01. The van der Waals surface area contributed by atoms with Crippen LogP contribution in [-0.2, 0) is 11.8 Å². The maximum absolute atomic E-state index is 7.06. The number of benzene rings is 4. The van der Waals surface area contributed by atoms with Gasteiger partial charge in [0.2, 0.25) is 0 Å². The normalized spacial score (nSPS) is 20.2. The summed E-state index contributed by atoms with van der Waals surface area (Å²) in [6.07, 6.45) is 0.914. The fourth-order valence-electron chi connectivity index (χ4n) is 6.38. The van der Waals surface area contributed by atoms with Gasteiger partial charge in [0.1, 0.15) is 0 Å². The molecule has 0 amide bonds. The van der Waals surface area contributed by atoms with E-state index in [0.717, 1.165) is 11.4 Å². The van der Waals surface area contributed by atoms with Gasteiger partial charge in [-0.1, -0.05) is 84.4 Å². The van der Waals surface area contributed by atoms with Gasteiger partial charge < -0.3 is 0 Å². The van der Waals surface area contributed by atoms with Crippen LogP contribution in [0.4, 0.5) is 0 Å². The van der Waals surface area contributed by atoms with Crippen LogP contribution in [0.2, 0.25) is 5.02 Å². The lowest BCUT2D eigenvalue weighted by molar-refractivity contribution is 0.534. The highest BCUT2D eigenvalue weighted by Crippen LogP contribution is 2.62. The molecule has 0 aliphatic heterocycles. The van der Waals surface area contributed by atoms with Crippen LogP contribution in [0, 0.1) is 20.8 Å². The summed E-state index contributed by atoms with van der Waals surface area (Å²) in [5.41, 5.74) is 13.7. The quantitative estimate of drug-likeness (QED) is 0.312. The van der Waals surface area contributed by atoms with Gasteiger partial charge >= 0.3 is 0 Å². The van der Waals surface area contributed by atoms with E-state index in [1.807, 2.05) is 0 Å². The molecule has 0 N–H and O–H groups in total. The molecule has 0 saturated carbocycles. The Labute approximate surface area is 189 Å². The van der Waals surface area contributed by atoms with Crippen molar-refractivity contribution in [3.8, 4) is 0 Å². The van der Waals surface area contributed by atoms with Gasteiger partial charge in [-0.15, -0.1) is 0 Å². The van der Waals surface area contributed by atoms with Crippen LogP contribution < -0.4 is 0 Å². The fraction of sp³-hybridized carbons (Fsp3) is 0.200. The third kappa shape index (κ3) is 2.37. The molecule has 0 spiro atoms. The summed E-state index contributed by atoms with van der Waals surface area (Å²) in [4.78, 5) is 0. The molecule has 7 rings (SSSR count). The van der Waals surface area contributed by atoms with E-state index >= 15 is 0 Å².